The van der Waals surface area contributed by atoms with Gasteiger partial charge < -0.3 is 16.2 Å². The first-order chi connectivity index (χ1) is 25.5. The lowest BCUT2D eigenvalue weighted by Gasteiger charge is -2.25. The maximum Gasteiger partial charge on any atom is 0.303 e. The van der Waals surface area contributed by atoms with Crippen LogP contribution in [0.5, 0.6) is 0 Å². The molecule has 326 valence electrons. The van der Waals surface area contributed by atoms with Crippen molar-refractivity contribution >= 4 is 30.1 Å². The second-order valence-corrected chi connectivity index (χ2v) is 20.4. The quantitative estimate of drug-likeness (QED) is 0.137. The maximum absolute atomic E-state index is 11.1. The Hall–Kier alpha value is -2.00. The number of ketones is 1. The molecule has 0 aromatic heterocycles. The van der Waals surface area contributed by atoms with Crippen molar-refractivity contribution in [3.63, 3.8) is 0 Å². The van der Waals surface area contributed by atoms with Gasteiger partial charge in [-0.1, -0.05) is 87.8 Å². The van der Waals surface area contributed by atoms with Crippen LogP contribution in [0.4, 0.5) is 0 Å². The Kier molecular flexibility index (Phi) is 21.3. The first-order valence-corrected chi connectivity index (χ1v) is 22.0. The fourth-order valence-electron chi connectivity index (χ4n) is 10.9. The van der Waals surface area contributed by atoms with Gasteiger partial charge in [-0.15, -0.1) is 12.4 Å². The number of carbonyl (C=O) groups is 3. The Balaban J connectivity index is 0.000000352. The number of nitrogens with two attached hydrogens (primary N) is 1. The van der Waals surface area contributed by atoms with E-state index in [1.807, 2.05) is 0 Å². The number of rotatable bonds is 6. The van der Waals surface area contributed by atoms with Crippen LogP contribution >= 0.6 is 12.4 Å². The molecule has 1 heterocycles. The highest BCUT2D eigenvalue weighted by molar-refractivity contribution is 5.85. The number of allylic oxidation sites excluding steroid dienone is 2. The van der Waals surface area contributed by atoms with Gasteiger partial charge in [0.25, 0.3) is 0 Å². The van der Waals surface area contributed by atoms with E-state index in [-0.39, 0.29) is 47.0 Å². The van der Waals surface area contributed by atoms with Gasteiger partial charge in [-0.3, -0.25) is 24.5 Å². The van der Waals surface area contributed by atoms with Crippen LogP contribution in [-0.4, -0.2) is 47.3 Å². The normalized spacial score (nSPS) is 40.3. The van der Waals surface area contributed by atoms with Crippen LogP contribution in [0.1, 0.15) is 167 Å². The molecule has 0 radical (unpaired) electrons. The van der Waals surface area contributed by atoms with Crippen LogP contribution in [0, 0.1) is 85.5 Å². The van der Waals surface area contributed by atoms with Crippen LogP contribution in [0.3, 0.4) is 0 Å². The van der Waals surface area contributed by atoms with Crippen molar-refractivity contribution in [2.75, 3.05) is 19.6 Å². The van der Waals surface area contributed by atoms with Crippen LogP contribution in [0.15, 0.2) is 11.6 Å². The SMILES string of the molecule is CC=C1C[C@@H](C)[C@@H](C)C1.CCC1(C[N+](=O)[O-])C[C@@H](C)[C@@H](C)C1.C[C@@H]1CC(=O)C[C@@H]1C.C[C@@H]1CC(CN)(CC(=O)O)C[C@@H]1C.C[C@@H]1CC2(CNC(=O)C2)C[C@@H]1C.Cl. The van der Waals surface area contributed by atoms with Crippen LogP contribution in [0.25, 0.3) is 0 Å². The first kappa shape index (κ1) is 52.0. The zero-order valence-corrected chi connectivity index (χ0v) is 38.4. The van der Waals surface area contributed by atoms with Gasteiger partial charge >= 0.3 is 5.97 Å². The summed E-state index contributed by atoms with van der Waals surface area (Å²) in [6, 6.07) is 0. The fourth-order valence-corrected chi connectivity index (χ4v) is 10.9. The number of nitrogens with one attached hydrogen (secondary N) is 1. The van der Waals surface area contributed by atoms with E-state index in [0.29, 0.717) is 53.3 Å². The molecule has 4 N–H and O–H groups in total. The Morgan fingerprint density at radius 2 is 1.14 bits per heavy atom. The third-order valence-corrected chi connectivity index (χ3v) is 15.4. The Morgan fingerprint density at radius 3 is 1.41 bits per heavy atom. The van der Waals surface area contributed by atoms with E-state index in [1.165, 1.54) is 25.7 Å². The molecule has 0 aromatic carbocycles. The predicted molar refractivity (Wildman–Crippen MR) is 232 cm³/mol. The van der Waals surface area contributed by atoms with Crippen molar-refractivity contribution in [1.29, 1.82) is 0 Å². The summed E-state index contributed by atoms with van der Waals surface area (Å²) in [4.78, 5) is 42.8. The first-order valence-electron chi connectivity index (χ1n) is 22.0. The van der Waals surface area contributed by atoms with Crippen molar-refractivity contribution in [3.05, 3.63) is 21.8 Å². The molecule has 0 aromatic rings. The van der Waals surface area contributed by atoms with E-state index in [4.69, 9.17) is 10.8 Å². The minimum Gasteiger partial charge on any atom is -0.481 e. The average molecular weight is 811 g/mol. The number of carbonyl (C=O) groups excluding carboxylic acids is 2. The number of carboxylic acids is 1. The molecule has 1 saturated heterocycles. The van der Waals surface area contributed by atoms with E-state index in [2.05, 4.69) is 94.5 Å². The largest absolute Gasteiger partial charge is 0.481 e. The number of nitrogens with zero attached hydrogens (tertiary/aromatic N) is 1. The Morgan fingerprint density at radius 1 is 0.750 bits per heavy atom. The standard InChI is InChI=1S/2C10H19NO2.C10H17NO.C9H16.C7H12O.ClH/c1-7-3-10(6-11,4-8(7)2)5-9(12)13;1-4-10(7-11(12)13)5-8(2)9(3)6-10;1-7-3-10(4-8(7)2)5-9(12)11-6-10;1-4-9-5-7(2)8(3)6-9;1-5-3-7(8)4-6(5)2;/h7-8H,3-6,11H2,1-2H3,(H,12,13);8-9H,4-7H2,1-3H3;7-8H,3-6H2,1-2H3,(H,11,12);4,7-8H,5-6H2,1-3H3;5-6H,3-4H2,1-2H3;1H/t7-,8+,10?;8-,9+,10?;7-,8+,10?;7-,8+;5-,6+;. The molecule has 6 rings (SSSR count). The van der Waals surface area contributed by atoms with Crippen molar-refractivity contribution in [2.45, 2.75) is 167 Å². The zero-order valence-electron chi connectivity index (χ0n) is 37.6. The monoisotopic (exact) mass is 810 g/mol. The molecule has 5 aliphatic carbocycles. The molecule has 6 fully saturated rings. The summed E-state index contributed by atoms with van der Waals surface area (Å²) in [6.07, 6.45) is 15.1. The third-order valence-electron chi connectivity index (χ3n) is 15.4. The molecule has 1 amide bonds. The lowest BCUT2D eigenvalue weighted by molar-refractivity contribution is -0.497. The number of carboxylic acid groups (broad SMARTS) is 1. The van der Waals surface area contributed by atoms with Gasteiger partial charge in [-0.2, -0.15) is 0 Å². The molecule has 10 heteroatoms. The summed E-state index contributed by atoms with van der Waals surface area (Å²) in [7, 11) is 0. The minimum atomic E-state index is -0.716. The van der Waals surface area contributed by atoms with Gasteiger partial charge in [-0.25, -0.2) is 0 Å². The van der Waals surface area contributed by atoms with Crippen LogP contribution in [-0.2, 0) is 14.4 Å². The number of nitro groups is 1. The fraction of sp³-hybridized carbons (Fsp3) is 0.891. The van der Waals surface area contributed by atoms with E-state index < -0.39 is 5.97 Å². The summed E-state index contributed by atoms with van der Waals surface area (Å²) in [5, 5.41) is 22.3. The summed E-state index contributed by atoms with van der Waals surface area (Å²) >= 11 is 0. The molecular formula is C46H84ClN3O6. The summed E-state index contributed by atoms with van der Waals surface area (Å²) in [5.41, 5.74) is 7.57. The molecule has 1 spiro atoms. The molecule has 13 atom stereocenters. The number of hydrogen-bond donors (Lipinski definition) is 3. The van der Waals surface area contributed by atoms with E-state index in [0.717, 1.165) is 81.6 Å². The number of hydrogen-bond acceptors (Lipinski definition) is 6. The maximum atomic E-state index is 11.1. The smallest absolute Gasteiger partial charge is 0.303 e. The van der Waals surface area contributed by atoms with E-state index in [9.17, 15) is 24.5 Å². The minimum absolute atomic E-state index is 0. The average Bonchev–Trinajstić information content (AvgIpc) is 3.90. The summed E-state index contributed by atoms with van der Waals surface area (Å²) in [5.74, 6) is 7.27. The second kappa shape index (κ2) is 23.0. The molecule has 6 aliphatic rings. The molecule has 9 nitrogen and oxygen atoms in total. The highest BCUT2D eigenvalue weighted by atomic mass is 35.5. The number of amides is 1. The lowest BCUT2D eigenvalue weighted by Crippen LogP contribution is -2.30. The summed E-state index contributed by atoms with van der Waals surface area (Å²) in [6.45, 7) is 28.2. The zero-order chi connectivity index (χ0) is 41.9. The Labute approximate surface area is 347 Å². The molecule has 56 heavy (non-hydrogen) atoms. The van der Waals surface area contributed by atoms with Gasteiger partial charge in [0, 0.05) is 36.1 Å². The van der Waals surface area contributed by atoms with Crippen molar-refractivity contribution < 1.29 is 24.4 Å². The van der Waals surface area contributed by atoms with Crippen molar-refractivity contribution in [2.24, 2.45) is 81.2 Å². The highest BCUT2D eigenvalue weighted by Gasteiger charge is 2.46. The summed E-state index contributed by atoms with van der Waals surface area (Å²) < 4.78 is 0. The van der Waals surface area contributed by atoms with E-state index >= 15 is 0 Å². The van der Waals surface area contributed by atoms with Gasteiger partial charge in [0.15, 0.2) is 0 Å². The molecule has 1 aliphatic heterocycles. The van der Waals surface area contributed by atoms with Crippen molar-refractivity contribution in [3.8, 4) is 0 Å². The molecule has 5 saturated carbocycles. The third kappa shape index (κ3) is 15.6. The van der Waals surface area contributed by atoms with Crippen LogP contribution < -0.4 is 11.1 Å². The lowest BCUT2D eigenvalue weighted by atomic mass is 9.82. The van der Waals surface area contributed by atoms with Crippen LogP contribution in [0.2, 0.25) is 0 Å². The molecule has 0 bridgehead atoms. The number of halogens is 1. The second-order valence-electron chi connectivity index (χ2n) is 20.4. The number of aliphatic carboxylic acids is 1. The number of Topliss-reactive ketones (excluding diaryl/α,β-unsaturated/α-hetero) is 1. The van der Waals surface area contributed by atoms with Gasteiger partial charge in [0.05, 0.1) is 6.42 Å². The van der Waals surface area contributed by atoms with E-state index in [1.54, 1.807) is 5.57 Å². The van der Waals surface area contributed by atoms with Crippen molar-refractivity contribution in [1.82, 2.24) is 5.32 Å². The van der Waals surface area contributed by atoms with Gasteiger partial charge in [0.2, 0.25) is 12.5 Å². The highest BCUT2D eigenvalue weighted by Crippen LogP contribution is 2.50. The topological polar surface area (TPSA) is 153 Å². The van der Waals surface area contributed by atoms with Gasteiger partial charge in [-0.05, 0) is 141 Å². The molecule has 3 unspecified atom stereocenters. The molecular weight excluding hydrogens is 726 g/mol. The Bertz CT molecular complexity index is 1210. The predicted octanol–water partition coefficient (Wildman–Crippen LogP) is 10.8. The van der Waals surface area contributed by atoms with Gasteiger partial charge in [0.1, 0.15) is 5.78 Å².